The normalized spacial score (nSPS) is 20.1. The summed E-state index contributed by atoms with van der Waals surface area (Å²) in [7, 11) is 0. The van der Waals surface area contributed by atoms with Gasteiger partial charge in [0, 0.05) is 67.8 Å². The van der Waals surface area contributed by atoms with E-state index in [0.29, 0.717) is 29.5 Å². The lowest BCUT2D eigenvalue weighted by atomic mass is 10.2. The van der Waals surface area contributed by atoms with E-state index < -0.39 is 0 Å². The second-order valence-corrected chi connectivity index (χ2v) is 9.99. The predicted molar refractivity (Wildman–Crippen MR) is 138 cm³/mol. The fourth-order valence-corrected chi connectivity index (χ4v) is 4.67. The molecule has 2 fully saturated rings. The molecule has 1 atom stereocenters. The van der Waals surface area contributed by atoms with Gasteiger partial charge in [0.1, 0.15) is 11.7 Å². The number of aliphatic imine (C=N–C) groups is 1. The predicted octanol–water partition coefficient (Wildman–Crippen LogP) is 3.42. The molecule has 2 aromatic rings. The number of carbonyl (C=O) groups excluding carboxylic acids is 1. The summed E-state index contributed by atoms with van der Waals surface area (Å²) in [6.07, 6.45) is 1.29. The van der Waals surface area contributed by atoms with Crippen LogP contribution in [0.15, 0.2) is 45.4 Å². The zero-order valence-electron chi connectivity index (χ0n) is 20.3. The van der Waals surface area contributed by atoms with Gasteiger partial charge in [-0.2, -0.15) is 0 Å². The van der Waals surface area contributed by atoms with Gasteiger partial charge in [0.15, 0.2) is 11.0 Å². The molecule has 34 heavy (non-hydrogen) atoms. The van der Waals surface area contributed by atoms with Crippen LogP contribution in [-0.2, 0) is 4.79 Å². The topological polar surface area (TPSA) is 97.8 Å². The molecule has 0 spiro atoms. The molecule has 1 amide bonds. The second kappa shape index (κ2) is 11.2. The number of amidine groups is 1. The van der Waals surface area contributed by atoms with Crippen LogP contribution in [0.2, 0.25) is 0 Å². The van der Waals surface area contributed by atoms with Crippen LogP contribution in [0.5, 0.6) is 0 Å². The fraction of sp³-hybridized carbons (Fsp3) is 0.500. The van der Waals surface area contributed by atoms with E-state index in [2.05, 4.69) is 46.7 Å². The van der Waals surface area contributed by atoms with Crippen molar-refractivity contribution < 1.29 is 4.79 Å². The number of nitrogens with zero attached hydrogens (tertiary/aromatic N) is 5. The summed E-state index contributed by atoms with van der Waals surface area (Å²) in [5.41, 5.74) is 7.12. The van der Waals surface area contributed by atoms with Crippen molar-refractivity contribution in [1.29, 1.82) is 0 Å². The van der Waals surface area contributed by atoms with Crippen LogP contribution in [0.1, 0.15) is 40.5 Å². The molecule has 0 saturated carbocycles. The number of rotatable bonds is 7. The van der Waals surface area contributed by atoms with Crippen molar-refractivity contribution in [3.05, 3.63) is 30.3 Å². The standard InChI is InChI=1S/C24H34N8OS/c1-5-23(33)25-18-6-8-19(9-7-18)34-24-27-20(26-21-14-17(4)29-30-21)15-22(28-24)32-12-10-31(11-13-32)16(2)3/h6-9,15-17,29H,5,10-14H2,1-4H3,(H,25,33)(H,26,27,28,30). The van der Waals surface area contributed by atoms with Crippen LogP contribution < -0.4 is 21.1 Å². The molecule has 0 aliphatic carbocycles. The van der Waals surface area contributed by atoms with E-state index in [-0.39, 0.29) is 5.91 Å². The number of hydrazine groups is 1. The summed E-state index contributed by atoms with van der Waals surface area (Å²) in [4.78, 5) is 31.8. The Bertz CT molecular complexity index is 1020. The SMILES string of the molecule is CCC(=O)Nc1ccc(Sc2nc(N=C3CC(C)NN3)cc(N3CCN(C(C)C)CC3)n2)cc1. The lowest BCUT2D eigenvalue weighted by Gasteiger charge is -2.37. The van der Waals surface area contributed by atoms with Crippen molar-refractivity contribution in [2.75, 3.05) is 36.4 Å². The van der Waals surface area contributed by atoms with E-state index in [4.69, 9.17) is 15.0 Å². The highest BCUT2D eigenvalue weighted by Gasteiger charge is 2.22. The quantitative estimate of drug-likeness (QED) is 0.517. The van der Waals surface area contributed by atoms with E-state index in [1.165, 1.54) is 11.8 Å². The molecule has 2 saturated heterocycles. The number of carbonyl (C=O) groups is 1. The molecule has 9 nitrogen and oxygen atoms in total. The summed E-state index contributed by atoms with van der Waals surface area (Å²) >= 11 is 1.50. The van der Waals surface area contributed by atoms with Gasteiger partial charge in [-0.05, 0) is 56.8 Å². The minimum absolute atomic E-state index is 0.00193. The van der Waals surface area contributed by atoms with Crippen LogP contribution in [0.3, 0.4) is 0 Å². The third-order valence-corrected chi connectivity index (χ3v) is 6.80. The van der Waals surface area contributed by atoms with Gasteiger partial charge in [0.2, 0.25) is 5.91 Å². The molecule has 0 radical (unpaired) electrons. The van der Waals surface area contributed by atoms with Gasteiger partial charge in [-0.1, -0.05) is 6.92 Å². The molecule has 1 unspecified atom stereocenters. The third-order valence-electron chi connectivity index (χ3n) is 5.93. The number of hydrogen-bond acceptors (Lipinski definition) is 8. The van der Waals surface area contributed by atoms with Crippen molar-refractivity contribution in [3.63, 3.8) is 0 Å². The molecular weight excluding hydrogens is 448 g/mol. The Morgan fingerprint density at radius 1 is 1.21 bits per heavy atom. The van der Waals surface area contributed by atoms with Crippen molar-refractivity contribution in [3.8, 4) is 0 Å². The first-order chi connectivity index (χ1) is 16.4. The Morgan fingerprint density at radius 2 is 1.94 bits per heavy atom. The number of anilines is 2. The Labute approximate surface area is 205 Å². The second-order valence-electron chi connectivity index (χ2n) is 8.94. The van der Waals surface area contributed by atoms with Gasteiger partial charge in [0.05, 0.1) is 0 Å². The van der Waals surface area contributed by atoms with Crippen molar-refractivity contribution in [1.82, 2.24) is 25.7 Å². The average molecular weight is 483 g/mol. The molecule has 182 valence electrons. The molecule has 0 bridgehead atoms. The Hall–Kier alpha value is -2.69. The molecule has 2 aliphatic heterocycles. The van der Waals surface area contributed by atoms with Crippen molar-refractivity contribution in [2.45, 2.75) is 62.7 Å². The largest absolute Gasteiger partial charge is 0.354 e. The highest BCUT2D eigenvalue weighted by Crippen LogP contribution is 2.30. The molecule has 2 aliphatic rings. The zero-order chi connectivity index (χ0) is 24.1. The van der Waals surface area contributed by atoms with Gasteiger partial charge in [-0.3, -0.25) is 9.69 Å². The van der Waals surface area contributed by atoms with Crippen LogP contribution in [0, 0.1) is 0 Å². The Morgan fingerprint density at radius 3 is 2.56 bits per heavy atom. The number of hydrogen-bond donors (Lipinski definition) is 3. The highest BCUT2D eigenvalue weighted by molar-refractivity contribution is 7.99. The maximum atomic E-state index is 11.6. The maximum Gasteiger partial charge on any atom is 0.224 e. The summed E-state index contributed by atoms with van der Waals surface area (Å²) in [6.45, 7) is 12.3. The molecule has 3 N–H and O–H groups in total. The van der Waals surface area contributed by atoms with E-state index in [0.717, 1.165) is 54.8 Å². The minimum atomic E-state index is 0.00193. The van der Waals surface area contributed by atoms with E-state index in [1.807, 2.05) is 37.3 Å². The summed E-state index contributed by atoms with van der Waals surface area (Å²) < 4.78 is 0. The smallest absolute Gasteiger partial charge is 0.224 e. The lowest BCUT2D eigenvalue weighted by molar-refractivity contribution is -0.115. The van der Waals surface area contributed by atoms with Crippen LogP contribution in [0.25, 0.3) is 0 Å². The van der Waals surface area contributed by atoms with Crippen LogP contribution in [-0.4, -0.2) is 64.9 Å². The van der Waals surface area contributed by atoms with Crippen LogP contribution >= 0.6 is 11.8 Å². The van der Waals surface area contributed by atoms with Gasteiger partial charge < -0.3 is 15.6 Å². The van der Waals surface area contributed by atoms with Crippen LogP contribution in [0.4, 0.5) is 17.3 Å². The maximum absolute atomic E-state index is 11.6. The van der Waals surface area contributed by atoms with Crippen molar-refractivity contribution in [2.24, 2.45) is 4.99 Å². The summed E-state index contributed by atoms with van der Waals surface area (Å²) in [5, 5.41) is 3.54. The molecule has 3 heterocycles. The minimum Gasteiger partial charge on any atom is -0.354 e. The molecule has 10 heteroatoms. The summed E-state index contributed by atoms with van der Waals surface area (Å²) in [6, 6.07) is 10.6. The van der Waals surface area contributed by atoms with Gasteiger partial charge in [-0.25, -0.2) is 20.4 Å². The first kappa shape index (κ1) is 24.4. The number of benzene rings is 1. The molecular formula is C24H34N8OS. The monoisotopic (exact) mass is 482 g/mol. The number of piperazine rings is 1. The lowest BCUT2D eigenvalue weighted by Crippen LogP contribution is -2.49. The number of amides is 1. The van der Waals surface area contributed by atoms with E-state index >= 15 is 0 Å². The number of nitrogens with one attached hydrogen (secondary N) is 3. The first-order valence-corrected chi connectivity index (χ1v) is 12.8. The molecule has 4 rings (SSSR count). The van der Waals surface area contributed by atoms with E-state index in [1.54, 1.807) is 0 Å². The average Bonchev–Trinajstić information content (AvgIpc) is 3.24. The van der Waals surface area contributed by atoms with E-state index in [9.17, 15) is 4.79 Å². The first-order valence-electron chi connectivity index (χ1n) is 11.9. The molecule has 1 aromatic carbocycles. The third kappa shape index (κ3) is 6.46. The zero-order valence-corrected chi connectivity index (χ0v) is 21.2. The molecule has 1 aromatic heterocycles. The van der Waals surface area contributed by atoms with Gasteiger partial charge >= 0.3 is 0 Å². The van der Waals surface area contributed by atoms with Gasteiger partial charge in [0.25, 0.3) is 0 Å². The Kier molecular flexibility index (Phi) is 8.02. The highest BCUT2D eigenvalue weighted by atomic mass is 32.2. The Balaban J connectivity index is 1.55. The van der Waals surface area contributed by atoms with Gasteiger partial charge in [-0.15, -0.1) is 0 Å². The fourth-order valence-electron chi connectivity index (χ4n) is 3.90. The summed E-state index contributed by atoms with van der Waals surface area (Å²) in [5.74, 6) is 2.45. The van der Waals surface area contributed by atoms with Crippen molar-refractivity contribution >= 4 is 40.8 Å². The number of aromatic nitrogens is 2.